The van der Waals surface area contributed by atoms with Gasteiger partial charge in [0.25, 0.3) is 0 Å². The Hall–Kier alpha value is -3.74. The zero-order chi connectivity index (χ0) is 30.3. The van der Waals surface area contributed by atoms with Crippen molar-refractivity contribution in [2.45, 2.75) is 64.5 Å². The SMILES string of the molecule is CC(=NCCCC[C@H](N)C(=O)OC(c1ccccc1)(c1ccccc1)c1ccccc1Cl)C1=C(O)CC(C)(C)CC1=O. The molecule has 0 fully saturated rings. The third-order valence-corrected chi connectivity index (χ3v) is 7.99. The van der Waals surface area contributed by atoms with Gasteiger partial charge in [-0.25, -0.2) is 0 Å². The number of esters is 1. The fraction of sp³-hybridized carbons (Fsp3) is 0.343. The van der Waals surface area contributed by atoms with Gasteiger partial charge in [0.1, 0.15) is 11.8 Å². The van der Waals surface area contributed by atoms with Crippen LogP contribution in [0.25, 0.3) is 0 Å². The number of ketones is 1. The number of ether oxygens (including phenoxy) is 1. The van der Waals surface area contributed by atoms with E-state index in [9.17, 15) is 14.7 Å². The van der Waals surface area contributed by atoms with Gasteiger partial charge >= 0.3 is 5.97 Å². The molecule has 6 nitrogen and oxygen atoms in total. The molecular weight excluding hydrogens is 548 g/mol. The second kappa shape index (κ2) is 13.5. The lowest BCUT2D eigenvalue weighted by Crippen LogP contribution is -2.42. The number of Topliss-reactive ketones (excluding diaryl/α,β-unsaturated/α-hetero) is 1. The number of nitrogens with two attached hydrogens (primary N) is 1. The summed E-state index contributed by atoms with van der Waals surface area (Å²) in [5.41, 5.74) is 7.89. The van der Waals surface area contributed by atoms with Gasteiger partial charge in [-0.1, -0.05) is 104 Å². The minimum absolute atomic E-state index is 0.0754. The van der Waals surface area contributed by atoms with Gasteiger partial charge < -0.3 is 15.6 Å². The number of hydrogen-bond acceptors (Lipinski definition) is 6. The van der Waals surface area contributed by atoms with Crippen molar-refractivity contribution in [1.29, 1.82) is 0 Å². The maximum Gasteiger partial charge on any atom is 0.324 e. The second-order valence-corrected chi connectivity index (χ2v) is 12.1. The Morgan fingerprint density at radius 3 is 2.12 bits per heavy atom. The van der Waals surface area contributed by atoms with Gasteiger partial charge in [-0.05, 0) is 37.7 Å². The number of unbranched alkanes of at least 4 members (excludes halogenated alkanes) is 1. The molecule has 0 unspecified atom stereocenters. The first-order valence-electron chi connectivity index (χ1n) is 14.4. The van der Waals surface area contributed by atoms with Crippen LogP contribution in [0.3, 0.4) is 0 Å². The van der Waals surface area contributed by atoms with Gasteiger partial charge in [0.15, 0.2) is 11.4 Å². The monoisotopic (exact) mass is 586 g/mol. The summed E-state index contributed by atoms with van der Waals surface area (Å²) in [5, 5.41) is 10.9. The van der Waals surface area contributed by atoms with Gasteiger partial charge in [0, 0.05) is 46.8 Å². The van der Waals surface area contributed by atoms with E-state index in [0.717, 1.165) is 11.1 Å². The quantitative estimate of drug-likeness (QED) is 0.106. The second-order valence-electron chi connectivity index (χ2n) is 11.6. The maximum absolute atomic E-state index is 13.6. The van der Waals surface area contributed by atoms with E-state index >= 15 is 0 Å². The van der Waals surface area contributed by atoms with Gasteiger partial charge in [-0.2, -0.15) is 0 Å². The zero-order valence-corrected chi connectivity index (χ0v) is 25.2. The molecule has 220 valence electrons. The number of hydrogen-bond donors (Lipinski definition) is 2. The molecule has 0 saturated heterocycles. The van der Waals surface area contributed by atoms with Crippen molar-refractivity contribution in [3.8, 4) is 0 Å². The van der Waals surface area contributed by atoms with Gasteiger partial charge in [0.05, 0.1) is 5.57 Å². The summed E-state index contributed by atoms with van der Waals surface area (Å²) in [6.07, 6.45) is 2.54. The van der Waals surface area contributed by atoms with Crippen molar-refractivity contribution < 1.29 is 19.4 Å². The molecule has 3 aromatic rings. The van der Waals surface area contributed by atoms with Crippen LogP contribution in [-0.2, 0) is 19.9 Å². The first-order chi connectivity index (χ1) is 20.0. The molecule has 0 amide bonds. The number of allylic oxidation sites excluding steroid dienone is 2. The van der Waals surface area contributed by atoms with E-state index in [1.54, 1.807) is 13.0 Å². The third kappa shape index (κ3) is 7.00. The summed E-state index contributed by atoms with van der Waals surface area (Å²) < 4.78 is 6.41. The minimum atomic E-state index is -1.30. The lowest BCUT2D eigenvalue weighted by molar-refractivity contribution is -0.155. The lowest BCUT2D eigenvalue weighted by Gasteiger charge is -2.36. The molecule has 0 aliphatic heterocycles. The first-order valence-corrected chi connectivity index (χ1v) is 14.7. The summed E-state index contributed by atoms with van der Waals surface area (Å²) in [4.78, 5) is 30.7. The number of halogens is 1. The highest BCUT2D eigenvalue weighted by atomic mass is 35.5. The van der Waals surface area contributed by atoms with Crippen molar-refractivity contribution in [3.05, 3.63) is 118 Å². The van der Waals surface area contributed by atoms with Crippen LogP contribution in [-0.4, -0.2) is 35.2 Å². The molecule has 0 radical (unpaired) electrons. The highest BCUT2D eigenvalue weighted by molar-refractivity contribution is 6.31. The highest BCUT2D eigenvalue weighted by Gasteiger charge is 2.43. The van der Waals surface area contributed by atoms with Crippen LogP contribution in [0.5, 0.6) is 0 Å². The van der Waals surface area contributed by atoms with Crippen LogP contribution in [0.2, 0.25) is 5.02 Å². The molecule has 4 rings (SSSR count). The molecule has 1 aliphatic carbocycles. The predicted octanol–water partition coefficient (Wildman–Crippen LogP) is 7.33. The molecule has 1 aliphatic rings. The van der Waals surface area contributed by atoms with Crippen molar-refractivity contribution in [3.63, 3.8) is 0 Å². The predicted molar refractivity (Wildman–Crippen MR) is 168 cm³/mol. The number of rotatable bonds is 11. The van der Waals surface area contributed by atoms with Crippen LogP contribution in [0.15, 0.2) is 101 Å². The van der Waals surface area contributed by atoms with E-state index in [0.29, 0.717) is 60.5 Å². The van der Waals surface area contributed by atoms with Crippen LogP contribution in [0, 0.1) is 5.41 Å². The highest BCUT2D eigenvalue weighted by Crippen LogP contribution is 2.43. The average molecular weight is 587 g/mol. The topological polar surface area (TPSA) is 102 Å². The Bertz CT molecular complexity index is 1430. The molecule has 0 aromatic heterocycles. The van der Waals surface area contributed by atoms with Crippen molar-refractivity contribution in [2.75, 3.05) is 6.54 Å². The Morgan fingerprint density at radius 2 is 1.55 bits per heavy atom. The molecule has 0 saturated carbocycles. The Balaban J connectivity index is 1.48. The molecule has 3 N–H and O–H groups in total. The van der Waals surface area contributed by atoms with Crippen molar-refractivity contribution >= 4 is 29.1 Å². The average Bonchev–Trinajstić information content (AvgIpc) is 2.96. The summed E-state index contributed by atoms with van der Waals surface area (Å²) in [7, 11) is 0. The molecule has 1 atom stereocenters. The van der Waals surface area contributed by atoms with E-state index in [1.807, 2.05) is 92.7 Å². The number of nitrogens with zero attached hydrogens (tertiary/aromatic N) is 1. The van der Waals surface area contributed by atoms with Crippen LogP contribution >= 0.6 is 11.6 Å². The standard InChI is InChI=1S/C35H39ClN2O4/c1-24(32-30(39)22-34(2,3)23-31(32)40)38-21-13-12-20-29(37)33(41)42-35(25-14-6-4-7-15-25,26-16-8-5-9-17-26)27-18-10-11-19-28(27)36/h4-11,14-19,29,39H,12-13,20-23,37H2,1-3H3/t29-/m0/s1. The molecule has 3 aromatic carbocycles. The number of carbonyl (C=O) groups excluding carboxylic acids is 2. The normalized spacial score (nSPS) is 16.3. The number of benzene rings is 3. The van der Waals surface area contributed by atoms with E-state index in [-0.39, 0.29) is 17.0 Å². The molecule has 7 heteroatoms. The fourth-order valence-corrected chi connectivity index (χ4v) is 5.86. The van der Waals surface area contributed by atoms with E-state index in [2.05, 4.69) is 4.99 Å². The summed E-state index contributed by atoms with van der Waals surface area (Å²) in [6, 6.07) is 25.6. The largest absolute Gasteiger partial charge is 0.511 e. The number of aliphatic hydroxyl groups excluding tert-OH is 1. The molecular formula is C35H39ClN2O4. The Morgan fingerprint density at radius 1 is 0.976 bits per heavy atom. The van der Waals surface area contributed by atoms with E-state index in [4.69, 9.17) is 22.1 Å². The van der Waals surface area contributed by atoms with Gasteiger partial charge in [-0.3, -0.25) is 14.6 Å². The molecule has 42 heavy (non-hydrogen) atoms. The van der Waals surface area contributed by atoms with Crippen molar-refractivity contribution in [1.82, 2.24) is 0 Å². The fourth-order valence-electron chi connectivity index (χ4n) is 5.59. The Kier molecular flexibility index (Phi) is 10.0. The number of aliphatic hydroxyl groups is 1. The van der Waals surface area contributed by atoms with Crippen molar-refractivity contribution in [2.24, 2.45) is 16.1 Å². The summed E-state index contributed by atoms with van der Waals surface area (Å²) >= 11 is 6.73. The molecule has 0 bridgehead atoms. The van der Waals surface area contributed by atoms with E-state index in [1.165, 1.54) is 0 Å². The number of aliphatic imine (C=N–C) groups is 1. The van der Waals surface area contributed by atoms with Crippen LogP contribution in [0.1, 0.15) is 69.6 Å². The van der Waals surface area contributed by atoms with Crippen LogP contribution < -0.4 is 5.73 Å². The third-order valence-electron chi connectivity index (χ3n) is 7.66. The lowest BCUT2D eigenvalue weighted by atomic mass is 9.76. The van der Waals surface area contributed by atoms with Gasteiger partial charge in [0.2, 0.25) is 0 Å². The van der Waals surface area contributed by atoms with Gasteiger partial charge in [-0.15, -0.1) is 0 Å². The molecule has 0 spiro atoms. The smallest absolute Gasteiger partial charge is 0.324 e. The number of carbonyl (C=O) groups is 2. The zero-order valence-electron chi connectivity index (χ0n) is 24.5. The molecule has 0 heterocycles. The summed E-state index contributed by atoms with van der Waals surface area (Å²) in [6.45, 7) is 6.15. The van der Waals surface area contributed by atoms with Crippen LogP contribution in [0.4, 0.5) is 0 Å². The Labute approximate surface area is 253 Å². The first kappa shape index (κ1) is 31.2. The summed E-state index contributed by atoms with van der Waals surface area (Å²) in [5.74, 6) is -0.498. The van der Waals surface area contributed by atoms with E-state index < -0.39 is 17.6 Å². The minimum Gasteiger partial charge on any atom is -0.511 e. The maximum atomic E-state index is 13.6.